The van der Waals surface area contributed by atoms with Crippen LogP contribution in [0.1, 0.15) is 23.7 Å². The molecule has 3 aromatic rings. The Morgan fingerprint density at radius 1 is 1.16 bits per heavy atom. The predicted molar refractivity (Wildman–Crippen MR) is 145 cm³/mol. The summed E-state index contributed by atoms with van der Waals surface area (Å²) in [4.78, 5) is 31.6. The zero-order chi connectivity index (χ0) is 31.6. The number of hydrogen-bond donors (Lipinski definition) is 5. The zero-order valence-electron chi connectivity index (χ0n) is 22.1. The largest absolute Gasteiger partial charge is 0.504 e. The van der Waals surface area contributed by atoms with Crippen LogP contribution in [0.15, 0.2) is 52.5 Å². The van der Waals surface area contributed by atoms with Gasteiger partial charge in [-0.1, -0.05) is 0 Å². The van der Waals surface area contributed by atoms with Crippen molar-refractivity contribution in [3.8, 4) is 28.9 Å². The second kappa shape index (κ2) is 12.0. The number of rotatable bonds is 11. The number of nitrogen functional groups attached to an aromatic ring is 1. The van der Waals surface area contributed by atoms with Crippen molar-refractivity contribution in [1.29, 1.82) is 5.41 Å². The predicted octanol–water partition coefficient (Wildman–Crippen LogP) is 2.65. The summed E-state index contributed by atoms with van der Waals surface area (Å²) >= 11 is 0. The van der Waals surface area contributed by atoms with Gasteiger partial charge in [-0.3, -0.25) is 24.9 Å². The highest BCUT2D eigenvalue weighted by atomic mass is 32.2. The van der Waals surface area contributed by atoms with E-state index in [-0.39, 0.29) is 28.5 Å². The first-order valence-electron chi connectivity index (χ1n) is 12.1. The maximum Gasteiger partial charge on any atom is 0.322 e. The number of ether oxygens (including phenoxy) is 2. The van der Waals surface area contributed by atoms with Crippen LogP contribution in [0.4, 0.5) is 8.78 Å². The van der Waals surface area contributed by atoms with Gasteiger partial charge in [-0.2, -0.15) is 4.39 Å². The summed E-state index contributed by atoms with van der Waals surface area (Å²) < 4.78 is 67.5. The minimum absolute atomic E-state index is 0.0401. The summed E-state index contributed by atoms with van der Waals surface area (Å²) in [7, 11) is -3.15. The number of carboxylic acids is 2. The molecule has 2 atom stereocenters. The molecule has 0 fully saturated rings. The number of aromatic hydroxyl groups is 1. The van der Waals surface area contributed by atoms with Crippen LogP contribution in [0.3, 0.4) is 0 Å². The highest BCUT2D eigenvalue weighted by Gasteiger charge is 2.37. The number of nitrogens with two attached hydrogens (primary N) is 1. The monoisotopic (exact) mass is 619 g/mol. The molecule has 0 saturated carbocycles. The molecule has 0 saturated heterocycles. The second-order valence-electron chi connectivity index (χ2n) is 9.17. The van der Waals surface area contributed by atoms with Gasteiger partial charge in [0.25, 0.3) is 5.88 Å². The maximum atomic E-state index is 15.5. The first kappa shape index (κ1) is 30.8. The average Bonchev–Trinajstić information content (AvgIpc) is 3.37. The lowest BCUT2D eigenvalue weighted by molar-refractivity contribution is -0.143. The molecule has 6 N–H and O–H groups in total. The number of sulfone groups is 1. The molecule has 1 aromatic heterocycles. The van der Waals surface area contributed by atoms with Crippen molar-refractivity contribution in [3.63, 3.8) is 0 Å². The molecule has 1 aliphatic heterocycles. The Balaban J connectivity index is 1.78. The minimum Gasteiger partial charge on any atom is -0.504 e. The second-order valence-corrected chi connectivity index (χ2v) is 11.3. The fourth-order valence-electron chi connectivity index (χ4n) is 4.03. The van der Waals surface area contributed by atoms with Gasteiger partial charge >= 0.3 is 11.9 Å². The molecule has 4 rings (SSSR count). The normalized spacial score (nSPS) is 15.7. The van der Waals surface area contributed by atoms with Crippen LogP contribution in [-0.4, -0.2) is 76.5 Å². The Morgan fingerprint density at radius 2 is 1.88 bits per heavy atom. The SMILES string of the molecule is CN1CC=NC1c1cc(S(=O)(=O)C(CC(=O)O)C(=O)O)ccc1Oc1c(F)cnc(Oc2cc(C(=N)N)ccc2O)c1F. The lowest BCUT2D eigenvalue weighted by Gasteiger charge is -2.22. The summed E-state index contributed by atoms with van der Waals surface area (Å²) in [6.45, 7) is 0.302. The van der Waals surface area contributed by atoms with Crippen molar-refractivity contribution in [1.82, 2.24) is 9.88 Å². The van der Waals surface area contributed by atoms with Gasteiger partial charge in [-0.15, -0.1) is 0 Å². The number of carboxylic acid groups (broad SMARTS) is 2. The van der Waals surface area contributed by atoms with E-state index in [1.165, 1.54) is 12.3 Å². The van der Waals surface area contributed by atoms with E-state index in [0.29, 0.717) is 12.7 Å². The number of aliphatic carboxylic acids is 2. The number of amidine groups is 1. The van der Waals surface area contributed by atoms with Gasteiger partial charge in [-0.25, -0.2) is 17.8 Å². The van der Waals surface area contributed by atoms with E-state index in [2.05, 4.69) is 9.98 Å². The lowest BCUT2D eigenvalue weighted by atomic mass is 10.1. The molecule has 0 aliphatic carbocycles. The van der Waals surface area contributed by atoms with E-state index in [4.69, 9.17) is 25.7 Å². The number of aliphatic imine (C=N–C) groups is 1. The van der Waals surface area contributed by atoms with Crippen LogP contribution in [0.25, 0.3) is 0 Å². The summed E-state index contributed by atoms with van der Waals surface area (Å²) in [5.74, 6) is -9.62. The molecule has 2 aromatic carbocycles. The highest BCUT2D eigenvalue weighted by molar-refractivity contribution is 7.92. The van der Waals surface area contributed by atoms with Crippen molar-refractivity contribution in [2.45, 2.75) is 22.7 Å². The lowest BCUT2D eigenvalue weighted by Crippen LogP contribution is -2.32. The van der Waals surface area contributed by atoms with Gasteiger partial charge in [0.15, 0.2) is 32.4 Å². The van der Waals surface area contributed by atoms with E-state index >= 15 is 4.39 Å². The quantitative estimate of drug-likeness (QED) is 0.154. The fourth-order valence-corrected chi connectivity index (χ4v) is 5.54. The number of carbonyl (C=O) groups is 2. The van der Waals surface area contributed by atoms with Crippen LogP contribution in [-0.2, 0) is 19.4 Å². The summed E-state index contributed by atoms with van der Waals surface area (Å²) in [5, 5.41) is 33.8. The number of phenolic OH excluding ortho intramolecular Hbond substituents is 1. The van der Waals surface area contributed by atoms with Crippen molar-refractivity contribution < 1.29 is 51.6 Å². The molecular formula is C26H23F2N5O9S. The van der Waals surface area contributed by atoms with E-state index in [0.717, 1.165) is 30.3 Å². The smallest absolute Gasteiger partial charge is 0.322 e. The topological polar surface area (TPSA) is 226 Å². The molecule has 14 nitrogen and oxygen atoms in total. The molecule has 226 valence electrons. The molecule has 2 heterocycles. The van der Waals surface area contributed by atoms with Gasteiger partial charge in [0.1, 0.15) is 17.8 Å². The van der Waals surface area contributed by atoms with E-state index in [9.17, 15) is 32.6 Å². The van der Waals surface area contributed by atoms with Crippen molar-refractivity contribution in [2.75, 3.05) is 13.6 Å². The number of aromatic nitrogens is 1. The average molecular weight is 620 g/mol. The fraction of sp³-hybridized carbons (Fsp3) is 0.192. The summed E-state index contributed by atoms with van der Waals surface area (Å²) in [6, 6.07) is 6.49. The van der Waals surface area contributed by atoms with Gasteiger partial charge in [-0.05, 0) is 43.4 Å². The van der Waals surface area contributed by atoms with Crippen LogP contribution in [0, 0.1) is 17.0 Å². The van der Waals surface area contributed by atoms with Crippen LogP contribution >= 0.6 is 0 Å². The Kier molecular flexibility index (Phi) is 8.58. The van der Waals surface area contributed by atoms with E-state index < -0.39 is 73.5 Å². The number of phenols is 1. The third-order valence-corrected chi connectivity index (χ3v) is 8.25. The van der Waals surface area contributed by atoms with E-state index in [1.807, 2.05) is 0 Å². The Hall–Kier alpha value is -5.16. The van der Waals surface area contributed by atoms with Crippen LogP contribution in [0.5, 0.6) is 28.9 Å². The van der Waals surface area contributed by atoms with Crippen molar-refractivity contribution >= 4 is 33.8 Å². The van der Waals surface area contributed by atoms with Gasteiger partial charge in [0, 0.05) is 23.9 Å². The number of halogens is 2. The Morgan fingerprint density at radius 3 is 2.49 bits per heavy atom. The summed E-state index contributed by atoms with van der Waals surface area (Å²) in [6.07, 6.45) is -0.0842. The molecule has 0 bridgehead atoms. The van der Waals surface area contributed by atoms with Gasteiger partial charge in [0.2, 0.25) is 11.6 Å². The Labute approximate surface area is 242 Å². The molecule has 43 heavy (non-hydrogen) atoms. The summed E-state index contributed by atoms with van der Waals surface area (Å²) in [5.41, 5.74) is 5.52. The van der Waals surface area contributed by atoms with Crippen molar-refractivity contribution in [3.05, 3.63) is 65.4 Å². The highest BCUT2D eigenvalue weighted by Crippen LogP contribution is 2.40. The first-order valence-corrected chi connectivity index (χ1v) is 13.7. The zero-order valence-corrected chi connectivity index (χ0v) is 22.9. The minimum atomic E-state index is -4.76. The van der Waals surface area contributed by atoms with E-state index in [1.54, 1.807) is 11.9 Å². The molecular weight excluding hydrogens is 596 g/mol. The number of nitrogens with one attached hydrogen (secondary N) is 1. The number of nitrogens with zero attached hydrogens (tertiary/aromatic N) is 3. The Bertz CT molecular complexity index is 1770. The standard InChI is InChI=1S/C26H23F2N5O9S/c1-33-7-6-31-24(33)14-9-13(43(39,40)19(26(37)38)10-20(35)36)3-5-17(14)41-22-15(27)11-32-25(21(22)28)42-18-8-12(23(29)30)2-4-16(18)34/h2-6,8-9,11,19,24,34H,7,10H2,1H3,(H3,29,30)(H,35,36)(H,37,38). The molecule has 0 amide bonds. The number of hydrogen-bond acceptors (Lipinski definition) is 11. The third-order valence-electron chi connectivity index (χ3n) is 6.22. The van der Waals surface area contributed by atoms with Crippen LogP contribution < -0.4 is 15.2 Å². The molecule has 0 spiro atoms. The molecule has 17 heteroatoms. The number of benzene rings is 2. The third kappa shape index (κ3) is 6.36. The van der Waals surface area contributed by atoms with Gasteiger partial charge < -0.3 is 30.5 Å². The maximum absolute atomic E-state index is 15.5. The van der Waals surface area contributed by atoms with Crippen LogP contribution in [0.2, 0.25) is 0 Å². The number of pyridine rings is 1. The molecule has 2 unspecified atom stereocenters. The molecule has 0 radical (unpaired) electrons. The van der Waals surface area contributed by atoms with Gasteiger partial charge in [0.05, 0.1) is 17.5 Å². The molecule has 1 aliphatic rings. The van der Waals surface area contributed by atoms with Crippen molar-refractivity contribution in [2.24, 2.45) is 10.7 Å². The first-order chi connectivity index (χ1) is 20.2.